The molecule has 3 heterocycles. The quantitative estimate of drug-likeness (QED) is 0.434. The molecule has 0 atom stereocenters. The molecule has 0 aromatic carbocycles. The number of alkyl halides is 2. The van der Waals surface area contributed by atoms with E-state index in [1.54, 1.807) is 6.92 Å². The summed E-state index contributed by atoms with van der Waals surface area (Å²) in [4.78, 5) is 39.9. The number of nitrogens with one attached hydrogen (secondary N) is 2. The van der Waals surface area contributed by atoms with Crippen molar-refractivity contribution in [2.45, 2.75) is 65.0 Å². The number of amides is 2. The van der Waals surface area contributed by atoms with Gasteiger partial charge in [-0.15, -0.1) is 0 Å². The molecule has 184 valence electrons. The van der Waals surface area contributed by atoms with E-state index in [9.17, 15) is 28.3 Å². The number of halogens is 2. The maximum absolute atomic E-state index is 13.4. The van der Waals surface area contributed by atoms with E-state index >= 15 is 0 Å². The van der Waals surface area contributed by atoms with Crippen molar-refractivity contribution in [1.82, 2.24) is 19.8 Å². The third-order valence-corrected chi connectivity index (χ3v) is 6.17. The second-order valence-electron chi connectivity index (χ2n) is 9.58. The van der Waals surface area contributed by atoms with Crippen LogP contribution in [0.3, 0.4) is 0 Å². The Kier molecular flexibility index (Phi) is 6.22. The Balaban J connectivity index is 1.75. The van der Waals surface area contributed by atoms with E-state index < -0.39 is 29.2 Å². The highest BCUT2D eigenvalue weighted by atomic mass is 19.3. The summed E-state index contributed by atoms with van der Waals surface area (Å²) in [7, 11) is 0. The summed E-state index contributed by atoms with van der Waals surface area (Å²) in [5, 5.41) is 16.7. The molecule has 1 saturated carbocycles. The topological polar surface area (TPSA) is 111 Å². The largest absolute Gasteiger partial charge is 0.477 e. The molecule has 1 aliphatic carbocycles. The smallest absolute Gasteiger partial charge is 0.378 e. The van der Waals surface area contributed by atoms with E-state index in [0.717, 1.165) is 12.8 Å². The fraction of sp³-hybridized carbons (Fsp3) is 0.565. The summed E-state index contributed by atoms with van der Waals surface area (Å²) in [5.74, 6) is -4.15. The first-order chi connectivity index (χ1) is 16.0. The summed E-state index contributed by atoms with van der Waals surface area (Å²) >= 11 is 0. The fourth-order valence-corrected chi connectivity index (χ4v) is 4.16. The van der Waals surface area contributed by atoms with Crippen molar-refractivity contribution >= 4 is 23.5 Å². The zero-order valence-electron chi connectivity index (χ0n) is 19.5. The minimum absolute atomic E-state index is 0.00941. The second kappa shape index (κ2) is 8.84. The highest BCUT2D eigenvalue weighted by molar-refractivity contribution is 5.96. The number of fused-ring (bicyclic) bond motifs is 1. The van der Waals surface area contributed by atoms with E-state index in [2.05, 4.69) is 10.4 Å². The number of aromatic amines is 1. The normalized spacial score (nSPS) is 18.2. The first kappa shape index (κ1) is 23.9. The number of rotatable bonds is 6. The highest BCUT2D eigenvalue weighted by Crippen LogP contribution is 2.28. The monoisotopic (exact) mass is 478 g/mol. The molecule has 2 aromatic heterocycles. The molecule has 1 saturated heterocycles. The molecule has 11 heteroatoms. The van der Waals surface area contributed by atoms with Gasteiger partial charge in [0.2, 0.25) is 11.5 Å². The molecule has 2 amide bonds. The van der Waals surface area contributed by atoms with Gasteiger partial charge in [-0.05, 0) is 31.8 Å². The van der Waals surface area contributed by atoms with Crippen LogP contribution in [-0.4, -0.2) is 56.5 Å². The molecule has 2 fully saturated rings. The van der Waals surface area contributed by atoms with E-state index in [1.807, 2.05) is 13.8 Å². The number of likely N-dealkylation sites (tertiary alicyclic amines) is 1. The van der Waals surface area contributed by atoms with Crippen LogP contribution in [0.4, 0.5) is 8.78 Å². The molecule has 2 aromatic rings. The Morgan fingerprint density at radius 1 is 1.29 bits per heavy atom. The van der Waals surface area contributed by atoms with Crippen LogP contribution in [0, 0.1) is 12.8 Å². The van der Waals surface area contributed by atoms with Crippen LogP contribution < -0.4 is 15.4 Å². The molecular weight excluding hydrogens is 448 g/mol. The van der Waals surface area contributed by atoms with Crippen LogP contribution in [0.2, 0.25) is 0 Å². The highest BCUT2D eigenvalue weighted by Gasteiger charge is 2.36. The Bertz CT molecular complexity index is 1220. The number of carbonyl (C=O) groups is 2. The molecule has 0 radical (unpaired) electrons. The lowest BCUT2D eigenvalue weighted by atomic mass is 10.1. The first-order valence-corrected chi connectivity index (χ1v) is 11.5. The molecule has 1 aliphatic heterocycles. The van der Waals surface area contributed by atoms with Gasteiger partial charge in [0, 0.05) is 38.0 Å². The summed E-state index contributed by atoms with van der Waals surface area (Å²) in [5.41, 5.74) is 0.303. The van der Waals surface area contributed by atoms with Crippen molar-refractivity contribution in [3.8, 4) is 5.88 Å². The standard InChI is InChI=1S/C23H29F2N5O4/c1-13(2)12-29-20-16(6-7-17(31)28-10-8-23(24,25)9-11-28)14(3)27-30(20)22(34)18(21(29)33)19(32)26-15-4-5-15/h6-7,13,15H,4-5,8-12H2,1-3H3,(H2,26,32,33,34)/p+1/b7-6+. The predicted molar refractivity (Wildman–Crippen MR) is 120 cm³/mol. The number of hydrogen-bond acceptors (Lipinski definition) is 4. The number of aryl methyl sites for hydroxylation is 1. The van der Waals surface area contributed by atoms with Gasteiger partial charge < -0.3 is 15.3 Å². The van der Waals surface area contributed by atoms with Gasteiger partial charge in [0.1, 0.15) is 0 Å². The summed E-state index contributed by atoms with van der Waals surface area (Å²) < 4.78 is 29.5. The number of aromatic hydroxyl groups is 1. The third-order valence-electron chi connectivity index (χ3n) is 6.17. The van der Waals surface area contributed by atoms with Crippen molar-refractivity contribution in [1.29, 1.82) is 0 Å². The van der Waals surface area contributed by atoms with Gasteiger partial charge in [0.15, 0.2) is 0 Å². The molecule has 0 spiro atoms. The molecule has 4 rings (SSSR count). The average molecular weight is 479 g/mol. The average Bonchev–Trinajstić information content (AvgIpc) is 3.50. The lowest BCUT2D eigenvalue weighted by Gasteiger charge is -2.30. The maximum atomic E-state index is 13.4. The number of hydrogen-bond donors (Lipinski definition) is 3. The fourth-order valence-electron chi connectivity index (χ4n) is 4.16. The van der Waals surface area contributed by atoms with E-state index in [1.165, 1.54) is 26.1 Å². The minimum atomic E-state index is -2.75. The molecule has 9 nitrogen and oxygen atoms in total. The number of H-pyrrole nitrogens is 1. The van der Waals surface area contributed by atoms with Gasteiger partial charge in [-0.3, -0.25) is 9.59 Å². The van der Waals surface area contributed by atoms with Crippen LogP contribution in [0.25, 0.3) is 11.7 Å². The van der Waals surface area contributed by atoms with Crippen molar-refractivity contribution in [2.75, 3.05) is 13.1 Å². The molecule has 0 bridgehead atoms. The van der Waals surface area contributed by atoms with Crippen LogP contribution in [0.5, 0.6) is 5.88 Å². The van der Waals surface area contributed by atoms with Crippen molar-refractivity contribution in [3.05, 3.63) is 33.3 Å². The molecule has 3 N–H and O–H groups in total. The Morgan fingerprint density at radius 2 is 1.94 bits per heavy atom. The zero-order chi connectivity index (χ0) is 24.8. The number of carbonyl (C=O) groups excluding carboxylic acids is 2. The molecule has 34 heavy (non-hydrogen) atoms. The van der Waals surface area contributed by atoms with E-state index in [-0.39, 0.29) is 43.5 Å². The van der Waals surface area contributed by atoms with Gasteiger partial charge in [-0.25, -0.2) is 18.7 Å². The van der Waals surface area contributed by atoms with Gasteiger partial charge in [0.05, 0.1) is 17.8 Å². The summed E-state index contributed by atoms with van der Waals surface area (Å²) in [6.07, 6.45) is 3.72. The Hall–Kier alpha value is -3.24. The number of nitrogens with zero attached hydrogens (tertiary/aromatic N) is 3. The van der Waals surface area contributed by atoms with Crippen molar-refractivity contribution in [2.24, 2.45) is 5.92 Å². The first-order valence-electron chi connectivity index (χ1n) is 11.5. The second-order valence-corrected chi connectivity index (χ2v) is 9.58. The van der Waals surface area contributed by atoms with Crippen LogP contribution in [-0.2, 0) is 11.3 Å². The SMILES string of the molecule is Cc1[nH]n2c(=O)c(C(=O)NC3CC3)c(O)[n+](CC(C)C)c2c1/C=C/C(=O)N1CCC(F)(F)CC1. The Labute approximate surface area is 195 Å². The predicted octanol–water partition coefficient (Wildman–Crippen LogP) is 1.75. The lowest BCUT2D eigenvalue weighted by molar-refractivity contribution is -0.686. The lowest BCUT2D eigenvalue weighted by Crippen LogP contribution is -2.46. The minimum Gasteiger partial charge on any atom is -0.477 e. The molecular formula is C23H30F2N5O4+. The van der Waals surface area contributed by atoms with Gasteiger partial charge in [-0.1, -0.05) is 18.4 Å². The molecule has 0 unspecified atom stereocenters. The van der Waals surface area contributed by atoms with E-state index in [0.29, 0.717) is 23.4 Å². The van der Waals surface area contributed by atoms with Crippen LogP contribution in [0.15, 0.2) is 10.9 Å². The third kappa shape index (κ3) is 4.69. The maximum Gasteiger partial charge on any atom is 0.378 e. The van der Waals surface area contributed by atoms with Gasteiger partial charge >= 0.3 is 17.1 Å². The summed E-state index contributed by atoms with van der Waals surface area (Å²) in [6.45, 7) is 5.82. The summed E-state index contributed by atoms with van der Waals surface area (Å²) in [6, 6.07) is 0.00941. The van der Waals surface area contributed by atoms with Crippen LogP contribution in [0.1, 0.15) is 61.1 Å². The van der Waals surface area contributed by atoms with Crippen LogP contribution >= 0.6 is 0 Å². The molecule has 2 aliphatic rings. The number of aromatic nitrogens is 3. The number of piperidine rings is 1. The van der Waals surface area contributed by atoms with Crippen molar-refractivity contribution in [3.63, 3.8) is 0 Å². The van der Waals surface area contributed by atoms with Gasteiger partial charge in [-0.2, -0.15) is 4.57 Å². The van der Waals surface area contributed by atoms with Crippen molar-refractivity contribution < 1.29 is 28.0 Å². The van der Waals surface area contributed by atoms with Gasteiger partial charge in [0.25, 0.3) is 11.8 Å². The van der Waals surface area contributed by atoms with E-state index in [4.69, 9.17) is 0 Å². The zero-order valence-corrected chi connectivity index (χ0v) is 19.5. The Morgan fingerprint density at radius 3 is 2.53 bits per heavy atom.